The van der Waals surface area contributed by atoms with Crippen LogP contribution < -0.4 is 5.56 Å². The highest BCUT2D eigenvalue weighted by Crippen LogP contribution is 2.28. The molecule has 8 heteroatoms. The summed E-state index contributed by atoms with van der Waals surface area (Å²) in [5.41, 5.74) is -1.44. The Balaban J connectivity index is 2.47. The first-order chi connectivity index (χ1) is 8.38. The molecule has 0 aliphatic rings. The van der Waals surface area contributed by atoms with E-state index in [1.54, 1.807) is 0 Å². The standard InChI is InChI=1S/C10H5ClF3N3O/c11-7-2-4-9(18)17(16-7)8-3-1-6(5-15-8)10(12,13)14/h1-5H. The van der Waals surface area contributed by atoms with Gasteiger partial charge < -0.3 is 0 Å². The Labute approximate surface area is 104 Å². The summed E-state index contributed by atoms with van der Waals surface area (Å²) < 4.78 is 37.8. The fourth-order valence-electron chi connectivity index (χ4n) is 1.23. The molecule has 2 rings (SSSR count). The summed E-state index contributed by atoms with van der Waals surface area (Å²) in [6, 6.07) is 4.30. The molecule has 0 unspecified atom stereocenters. The van der Waals surface area contributed by atoms with Gasteiger partial charge in [-0.1, -0.05) is 11.6 Å². The van der Waals surface area contributed by atoms with Crippen LogP contribution >= 0.6 is 11.6 Å². The van der Waals surface area contributed by atoms with Gasteiger partial charge in [0.2, 0.25) is 0 Å². The fraction of sp³-hybridized carbons (Fsp3) is 0.100. The maximum Gasteiger partial charge on any atom is 0.417 e. The summed E-state index contributed by atoms with van der Waals surface area (Å²) in [6.45, 7) is 0. The number of alkyl halides is 3. The molecule has 2 aromatic heterocycles. The van der Waals surface area contributed by atoms with E-state index in [4.69, 9.17) is 11.6 Å². The molecular weight excluding hydrogens is 271 g/mol. The van der Waals surface area contributed by atoms with Gasteiger partial charge in [0.25, 0.3) is 5.56 Å². The lowest BCUT2D eigenvalue weighted by atomic mass is 10.3. The Hall–Kier alpha value is -1.89. The van der Waals surface area contributed by atoms with Crippen LogP contribution in [0.2, 0.25) is 5.15 Å². The lowest BCUT2D eigenvalue weighted by Crippen LogP contribution is -2.21. The second-order valence-electron chi connectivity index (χ2n) is 3.31. The number of nitrogens with zero attached hydrogens (tertiary/aromatic N) is 3. The molecule has 2 aromatic rings. The minimum Gasteiger partial charge on any atom is -0.267 e. The van der Waals surface area contributed by atoms with Crippen molar-refractivity contribution in [2.45, 2.75) is 6.18 Å². The van der Waals surface area contributed by atoms with Gasteiger partial charge in [0.05, 0.1) is 5.56 Å². The summed E-state index contributed by atoms with van der Waals surface area (Å²) in [5.74, 6) is -0.0319. The third kappa shape index (κ3) is 2.51. The lowest BCUT2D eigenvalue weighted by Gasteiger charge is -2.07. The molecule has 0 N–H and O–H groups in total. The van der Waals surface area contributed by atoms with Crippen LogP contribution in [-0.4, -0.2) is 14.8 Å². The van der Waals surface area contributed by atoms with Crippen molar-refractivity contribution in [3.05, 3.63) is 51.5 Å². The topological polar surface area (TPSA) is 47.8 Å². The predicted molar refractivity (Wildman–Crippen MR) is 57.6 cm³/mol. The van der Waals surface area contributed by atoms with Crippen LogP contribution in [0, 0.1) is 0 Å². The Kier molecular flexibility index (Phi) is 3.08. The average molecular weight is 276 g/mol. The number of halogens is 4. The molecule has 94 valence electrons. The maximum absolute atomic E-state index is 12.3. The van der Waals surface area contributed by atoms with E-state index in [2.05, 4.69) is 10.1 Å². The van der Waals surface area contributed by atoms with Crippen LogP contribution in [0.4, 0.5) is 13.2 Å². The molecule has 0 saturated heterocycles. The molecule has 0 aliphatic heterocycles. The third-order valence-corrected chi connectivity index (χ3v) is 2.26. The average Bonchev–Trinajstić information content (AvgIpc) is 2.31. The van der Waals surface area contributed by atoms with E-state index in [9.17, 15) is 18.0 Å². The number of aromatic nitrogens is 3. The third-order valence-electron chi connectivity index (χ3n) is 2.06. The van der Waals surface area contributed by atoms with E-state index in [-0.39, 0.29) is 11.0 Å². The van der Waals surface area contributed by atoms with Crippen LogP contribution in [0.5, 0.6) is 0 Å². The van der Waals surface area contributed by atoms with Crippen molar-refractivity contribution in [1.29, 1.82) is 0 Å². The highest BCUT2D eigenvalue weighted by Gasteiger charge is 2.30. The van der Waals surface area contributed by atoms with E-state index in [1.165, 1.54) is 6.07 Å². The van der Waals surface area contributed by atoms with Gasteiger partial charge >= 0.3 is 6.18 Å². The van der Waals surface area contributed by atoms with Gasteiger partial charge in [-0.3, -0.25) is 4.79 Å². The molecule has 18 heavy (non-hydrogen) atoms. The summed E-state index contributed by atoms with van der Waals surface area (Å²) >= 11 is 5.59. The highest BCUT2D eigenvalue weighted by atomic mass is 35.5. The fourth-order valence-corrected chi connectivity index (χ4v) is 1.37. The first-order valence-corrected chi connectivity index (χ1v) is 5.05. The first kappa shape index (κ1) is 12.6. The van der Waals surface area contributed by atoms with Crippen molar-refractivity contribution >= 4 is 11.6 Å². The molecule has 0 aromatic carbocycles. The Bertz CT molecular complexity index is 622. The summed E-state index contributed by atoms with van der Waals surface area (Å²) in [4.78, 5) is 15.0. The van der Waals surface area contributed by atoms with Crippen molar-refractivity contribution in [2.75, 3.05) is 0 Å². The molecule has 0 spiro atoms. The molecule has 0 saturated carbocycles. The lowest BCUT2D eigenvalue weighted by molar-refractivity contribution is -0.137. The normalized spacial score (nSPS) is 11.6. The molecular formula is C10H5ClF3N3O. The van der Waals surface area contributed by atoms with E-state index in [0.717, 1.165) is 22.9 Å². The van der Waals surface area contributed by atoms with Gasteiger partial charge in [0.15, 0.2) is 5.82 Å². The zero-order valence-corrected chi connectivity index (χ0v) is 9.40. The second kappa shape index (κ2) is 4.41. The number of hydrogen-bond acceptors (Lipinski definition) is 3. The molecule has 0 amide bonds. The SMILES string of the molecule is O=c1ccc(Cl)nn1-c1ccc(C(F)(F)F)cn1. The van der Waals surface area contributed by atoms with Crippen LogP contribution in [0.15, 0.2) is 35.3 Å². The zero-order valence-electron chi connectivity index (χ0n) is 8.65. The van der Waals surface area contributed by atoms with E-state index >= 15 is 0 Å². The molecule has 0 fully saturated rings. The van der Waals surface area contributed by atoms with Gasteiger partial charge in [-0.15, -0.1) is 0 Å². The van der Waals surface area contributed by atoms with Crippen LogP contribution in [-0.2, 0) is 6.18 Å². The van der Waals surface area contributed by atoms with Gasteiger partial charge in [0.1, 0.15) is 5.15 Å². The van der Waals surface area contributed by atoms with Crippen molar-refractivity contribution in [2.24, 2.45) is 0 Å². The van der Waals surface area contributed by atoms with E-state index < -0.39 is 17.3 Å². The van der Waals surface area contributed by atoms with Crippen molar-refractivity contribution < 1.29 is 13.2 Å². The summed E-state index contributed by atoms with van der Waals surface area (Å²) in [6.07, 6.45) is -3.84. The van der Waals surface area contributed by atoms with Gasteiger partial charge in [-0.2, -0.15) is 23.0 Å². The van der Waals surface area contributed by atoms with Crippen molar-refractivity contribution in [3.63, 3.8) is 0 Å². The Morgan fingerprint density at radius 1 is 1.17 bits per heavy atom. The maximum atomic E-state index is 12.3. The van der Waals surface area contributed by atoms with Gasteiger partial charge in [0, 0.05) is 12.3 Å². The number of pyridine rings is 1. The zero-order chi connectivity index (χ0) is 13.3. The van der Waals surface area contributed by atoms with Crippen LogP contribution in [0.3, 0.4) is 0 Å². The van der Waals surface area contributed by atoms with Crippen molar-refractivity contribution in [1.82, 2.24) is 14.8 Å². The smallest absolute Gasteiger partial charge is 0.267 e. The molecule has 0 atom stereocenters. The quantitative estimate of drug-likeness (QED) is 0.802. The predicted octanol–water partition coefficient (Wildman–Crippen LogP) is 2.30. The summed E-state index contributed by atoms with van der Waals surface area (Å²) in [7, 11) is 0. The summed E-state index contributed by atoms with van der Waals surface area (Å²) in [5, 5.41) is 3.70. The van der Waals surface area contributed by atoms with E-state index in [0.29, 0.717) is 6.20 Å². The highest BCUT2D eigenvalue weighted by molar-refractivity contribution is 6.29. The molecule has 4 nitrogen and oxygen atoms in total. The Morgan fingerprint density at radius 2 is 1.89 bits per heavy atom. The monoisotopic (exact) mass is 275 g/mol. The van der Waals surface area contributed by atoms with Gasteiger partial charge in [-0.25, -0.2) is 4.98 Å². The molecule has 0 radical (unpaired) electrons. The minimum absolute atomic E-state index is 0.0319. The van der Waals surface area contributed by atoms with Gasteiger partial charge in [-0.05, 0) is 18.2 Å². The first-order valence-electron chi connectivity index (χ1n) is 4.67. The molecule has 0 bridgehead atoms. The minimum atomic E-state index is -4.47. The van der Waals surface area contributed by atoms with Crippen LogP contribution in [0.25, 0.3) is 5.82 Å². The van der Waals surface area contributed by atoms with Crippen molar-refractivity contribution in [3.8, 4) is 5.82 Å². The second-order valence-corrected chi connectivity index (χ2v) is 3.70. The largest absolute Gasteiger partial charge is 0.417 e. The molecule has 2 heterocycles. The molecule has 0 aliphatic carbocycles. The number of rotatable bonds is 1. The van der Waals surface area contributed by atoms with Crippen LogP contribution in [0.1, 0.15) is 5.56 Å². The van der Waals surface area contributed by atoms with E-state index in [1.807, 2.05) is 0 Å². The Morgan fingerprint density at radius 3 is 2.44 bits per heavy atom. The number of hydrogen-bond donors (Lipinski definition) is 0.